The summed E-state index contributed by atoms with van der Waals surface area (Å²) in [6.45, 7) is 6.15. The molecule has 4 rings (SSSR count). The van der Waals surface area contributed by atoms with Crippen molar-refractivity contribution in [1.82, 2.24) is 5.16 Å². The van der Waals surface area contributed by atoms with Crippen LogP contribution in [0.15, 0.2) is 62.7 Å². The number of carbonyl (C=O) groups excluding carboxylic acids is 2. The molecule has 1 aliphatic rings. The second kappa shape index (κ2) is 9.36. The summed E-state index contributed by atoms with van der Waals surface area (Å²) in [5.74, 6) is 0.0289. The zero-order valence-corrected chi connectivity index (χ0v) is 18.8. The highest BCUT2D eigenvalue weighted by Gasteiger charge is 2.46. The van der Waals surface area contributed by atoms with E-state index in [2.05, 4.69) is 12.1 Å². The fraction of sp³-hybridized carbons (Fsp3) is 0.320. The number of hydrogen-bond donors (Lipinski definition) is 1. The van der Waals surface area contributed by atoms with E-state index in [1.54, 1.807) is 50.2 Å². The topological polar surface area (TPSA) is 106 Å². The van der Waals surface area contributed by atoms with Gasteiger partial charge in [0.25, 0.3) is 5.91 Å². The Kier molecular flexibility index (Phi) is 6.35. The zero-order chi connectivity index (χ0) is 23.5. The summed E-state index contributed by atoms with van der Waals surface area (Å²) in [4.78, 5) is 27.6. The molecule has 1 atom stereocenters. The van der Waals surface area contributed by atoms with Crippen LogP contribution in [0.4, 0.5) is 5.82 Å². The van der Waals surface area contributed by atoms with Gasteiger partial charge in [-0.15, -0.1) is 0 Å². The number of aryl methyl sites for hydroxylation is 2. The Labute approximate surface area is 191 Å². The Morgan fingerprint density at radius 1 is 1.12 bits per heavy atom. The number of anilines is 1. The van der Waals surface area contributed by atoms with Crippen LogP contribution in [0.3, 0.4) is 0 Å². The summed E-state index contributed by atoms with van der Waals surface area (Å²) in [6, 6.07) is 11.0. The monoisotopic (exact) mass is 450 g/mol. The molecule has 8 heteroatoms. The maximum absolute atomic E-state index is 13.3. The van der Waals surface area contributed by atoms with Gasteiger partial charge in [-0.3, -0.25) is 14.5 Å². The SMILES string of the molecule is CCCCCOc1ccc([C@H]2C(C(=O)c3ccc(C)o3)=C(O)C(=O)N2c2cc(C)on2)cc1. The molecular formula is C25H26N2O6. The Balaban J connectivity index is 1.71. The number of ether oxygens (including phenoxy) is 1. The fourth-order valence-electron chi connectivity index (χ4n) is 3.83. The van der Waals surface area contributed by atoms with Crippen molar-refractivity contribution in [2.75, 3.05) is 11.5 Å². The molecule has 0 aliphatic carbocycles. The van der Waals surface area contributed by atoms with E-state index in [-0.39, 0.29) is 17.2 Å². The molecule has 0 spiro atoms. The summed E-state index contributed by atoms with van der Waals surface area (Å²) in [5.41, 5.74) is 0.534. The molecule has 3 heterocycles. The standard InChI is InChI=1S/C25H26N2O6/c1-4-5-6-13-31-18-10-8-17(9-11-18)22-21(23(28)19-12-7-15(2)32-19)24(29)25(30)27(22)20-14-16(3)33-26-20/h7-12,14,22,29H,4-6,13H2,1-3H3/t22-/m0/s1. The lowest BCUT2D eigenvalue weighted by atomic mass is 9.95. The Hall–Kier alpha value is -3.81. The van der Waals surface area contributed by atoms with Gasteiger partial charge in [-0.1, -0.05) is 37.1 Å². The van der Waals surface area contributed by atoms with Crippen molar-refractivity contribution in [3.05, 3.63) is 76.6 Å². The molecule has 8 nitrogen and oxygen atoms in total. The number of hydrogen-bond acceptors (Lipinski definition) is 7. The summed E-state index contributed by atoms with van der Waals surface area (Å²) in [5, 5.41) is 14.7. The first-order valence-corrected chi connectivity index (χ1v) is 10.9. The van der Waals surface area contributed by atoms with Gasteiger partial charge in [-0.25, -0.2) is 0 Å². The summed E-state index contributed by atoms with van der Waals surface area (Å²) in [6.07, 6.45) is 3.17. The van der Waals surface area contributed by atoms with Crippen molar-refractivity contribution in [2.45, 2.75) is 46.1 Å². The van der Waals surface area contributed by atoms with E-state index < -0.39 is 23.5 Å². The Morgan fingerprint density at radius 2 is 1.88 bits per heavy atom. The molecule has 1 amide bonds. The summed E-state index contributed by atoms with van der Waals surface area (Å²) < 4.78 is 16.4. The molecule has 172 valence electrons. The normalized spacial score (nSPS) is 16.0. The van der Waals surface area contributed by atoms with Crippen LogP contribution in [0.1, 0.15) is 59.9 Å². The smallest absolute Gasteiger partial charge is 0.295 e. The van der Waals surface area contributed by atoms with Crippen molar-refractivity contribution in [2.24, 2.45) is 0 Å². The average molecular weight is 450 g/mol. The predicted molar refractivity (Wildman–Crippen MR) is 120 cm³/mol. The maximum atomic E-state index is 13.3. The minimum atomic E-state index is -0.908. The van der Waals surface area contributed by atoms with Crippen LogP contribution in [-0.2, 0) is 4.79 Å². The van der Waals surface area contributed by atoms with Gasteiger partial charge >= 0.3 is 0 Å². The molecule has 0 saturated heterocycles. The molecule has 0 fully saturated rings. The van der Waals surface area contributed by atoms with Crippen LogP contribution in [-0.4, -0.2) is 28.6 Å². The van der Waals surface area contributed by atoms with E-state index in [4.69, 9.17) is 13.7 Å². The van der Waals surface area contributed by atoms with Gasteiger partial charge in [0.05, 0.1) is 18.2 Å². The molecule has 1 aromatic carbocycles. The molecule has 0 saturated carbocycles. The predicted octanol–water partition coefficient (Wildman–Crippen LogP) is 5.24. The van der Waals surface area contributed by atoms with Crippen LogP contribution in [0, 0.1) is 13.8 Å². The second-order valence-corrected chi connectivity index (χ2v) is 8.00. The third-order valence-corrected chi connectivity index (χ3v) is 5.49. The van der Waals surface area contributed by atoms with E-state index >= 15 is 0 Å². The second-order valence-electron chi connectivity index (χ2n) is 8.00. The van der Waals surface area contributed by atoms with Gasteiger partial charge in [0, 0.05) is 6.07 Å². The van der Waals surface area contributed by atoms with Crippen molar-refractivity contribution in [1.29, 1.82) is 0 Å². The highest BCUT2D eigenvalue weighted by atomic mass is 16.5. The molecule has 0 radical (unpaired) electrons. The molecular weight excluding hydrogens is 424 g/mol. The average Bonchev–Trinajstić information content (AvgIpc) is 3.50. The first kappa shape index (κ1) is 22.4. The van der Waals surface area contributed by atoms with E-state index in [1.807, 2.05) is 0 Å². The van der Waals surface area contributed by atoms with Crippen molar-refractivity contribution < 1.29 is 28.4 Å². The number of amides is 1. The van der Waals surface area contributed by atoms with Crippen LogP contribution in [0.25, 0.3) is 0 Å². The summed E-state index contributed by atoms with van der Waals surface area (Å²) in [7, 11) is 0. The van der Waals surface area contributed by atoms with E-state index in [0.29, 0.717) is 29.4 Å². The van der Waals surface area contributed by atoms with Gasteiger partial charge in [0.15, 0.2) is 17.3 Å². The Bertz CT molecular complexity index is 1190. The zero-order valence-electron chi connectivity index (χ0n) is 18.8. The third kappa shape index (κ3) is 4.41. The molecule has 33 heavy (non-hydrogen) atoms. The number of unbranched alkanes of at least 4 members (excludes halogenated alkanes) is 2. The van der Waals surface area contributed by atoms with Crippen molar-refractivity contribution in [3.8, 4) is 5.75 Å². The Morgan fingerprint density at radius 3 is 2.48 bits per heavy atom. The van der Waals surface area contributed by atoms with Crippen LogP contribution in [0.5, 0.6) is 5.75 Å². The molecule has 1 aliphatic heterocycles. The van der Waals surface area contributed by atoms with Crippen molar-refractivity contribution >= 4 is 17.5 Å². The van der Waals surface area contributed by atoms with Crippen LogP contribution < -0.4 is 9.64 Å². The largest absolute Gasteiger partial charge is 0.503 e. The van der Waals surface area contributed by atoms with Crippen LogP contribution >= 0.6 is 0 Å². The number of aromatic nitrogens is 1. The highest BCUT2D eigenvalue weighted by Crippen LogP contribution is 2.42. The van der Waals surface area contributed by atoms with Crippen LogP contribution in [0.2, 0.25) is 0 Å². The quantitative estimate of drug-likeness (QED) is 0.351. The van der Waals surface area contributed by atoms with E-state index in [9.17, 15) is 14.7 Å². The fourth-order valence-corrected chi connectivity index (χ4v) is 3.83. The lowest BCUT2D eigenvalue weighted by Crippen LogP contribution is -2.31. The summed E-state index contributed by atoms with van der Waals surface area (Å²) >= 11 is 0. The number of benzene rings is 1. The number of carbonyl (C=O) groups is 2. The number of ketones is 1. The number of aliphatic hydroxyl groups is 1. The first-order chi connectivity index (χ1) is 15.9. The molecule has 1 N–H and O–H groups in total. The van der Waals surface area contributed by atoms with E-state index in [1.165, 1.54) is 11.0 Å². The van der Waals surface area contributed by atoms with Gasteiger partial charge in [-0.2, -0.15) is 0 Å². The number of Topliss-reactive ketones (excluding diaryl/α,β-unsaturated/α-hetero) is 1. The third-order valence-electron chi connectivity index (χ3n) is 5.49. The lowest BCUT2D eigenvalue weighted by Gasteiger charge is -2.24. The minimum absolute atomic E-state index is 0.0425. The van der Waals surface area contributed by atoms with E-state index in [0.717, 1.165) is 19.3 Å². The number of aliphatic hydroxyl groups excluding tert-OH is 1. The number of furan rings is 1. The highest BCUT2D eigenvalue weighted by molar-refractivity contribution is 6.19. The number of nitrogens with zero attached hydrogens (tertiary/aromatic N) is 2. The van der Waals surface area contributed by atoms with Crippen molar-refractivity contribution in [3.63, 3.8) is 0 Å². The molecule has 2 aromatic heterocycles. The maximum Gasteiger partial charge on any atom is 0.295 e. The lowest BCUT2D eigenvalue weighted by molar-refractivity contribution is -0.117. The molecule has 0 bridgehead atoms. The minimum Gasteiger partial charge on any atom is -0.503 e. The van der Waals surface area contributed by atoms with Gasteiger partial charge in [0.1, 0.15) is 17.3 Å². The van der Waals surface area contributed by atoms with Gasteiger partial charge in [-0.05, 0) is 50.1 Å². The first-order valence-electron chi connectivity index (χ1n) is 10.9. The number of rotatable bonds is 9. The van der Waals surface area contributed by atoms with Gasteiger partial charge < -0.3 is 18.8 Å². The molecule has 0 unspecified atom stereocenters. The van der Waals surface area contributed by atoms with Gasteiger partial charge in [0.2, 0.25) is 5.78 Å². The molecule has 3 aromatic rings.